The standard InChI is InChI=1S/C14H24N2O2/c1-6-8-14(4,5)10(3)15-13(17)12-9-11(7-2)18-16-12/h9-10H,6-8H2,1-5H3,(H,15,17). The minimum absolute atomic E-state index is 0.0851. The average molecular weight is 252 g/mol. The van der Waals surface area contributed by atoms with Gasteiger partial charge in [-0.15, -0.1) is 0 Å². The highest BCUT2D eigenvalue weighted by molar-refractivity contribution is 5.92. The zero-order chi connectivity index (χ0) is 13.8. The lowest BCUT2D eigenvalue weighted by Crippen LogP contribution is -2.43. The second-order valence-electron chi connectivity index (χ2n) is 5.47. The molecule has 0 spiro atoms. The van der Waals surface area contributed by atoms with Gasteiger partial charge in [0.15, 0.2) is 5.69 Å². The van der Waals surface area contributed by atoms with E-state index in [4.69, 9.17) is 4.52 Å². The smallest absolute Gasteiger partial charge is 0.273 e. The summed E-state index contributed by atoms with van der Waals surface area (Å²) < 4.78 is 5.04. The Kier molecular flexibility index (Phi) is 4.93. The second kappa shape index (κ2) is 6.03. The van der Waals surface area contributed by atoms with Crippen LogP contribution >= 0.6 is 0 Å². The zero-order valence-corrected chi connectivity index (χ0v) is 12.0. The number of hydrogen-bond donors (Lipinski definition) is 1. The van der Waals surface area contributed by atoms with Crippen molar-refractivity contribution < 1.29 is 9.32 Å². The van der Waals surface area contributed by atoms with Crippen molar-refractivity contribution in [1.82, 2.24) is 10.5 Å². The minimum Gasteiger partial charge on any atom is -0.361 e. The van der Waals surface area contributed by atoms with Crippen molar-refractivity contribution in [1.29, 1.82) is 0 Å². The van der Waals surface area contributed by atoms with Crippen LogP contribution in [0, 0.1) is 5.41 Å². The van der Waals surface area contributed by atoms with Gasteiger partial charge in [0, 0.05) is 18.5 Å². The Bertz CT molecular complexity index is 396. The summed E-state index contributed by atoms with van der Waals surface area (Å²) >= 11 is 0. The Morgan fingerprint density at radius 1 is 1.50 bits per heavy atom. The molecule has 0 saturated carbocycles. The van der Waals surface area contributed by atoms with E-state index in [2.05, 4.69) is 31.2 Å². The van der Waals surface area contributed by atoms with E-state index in [9.17, 15) is 4.79 Å². The summed E-state index contributed by atoms with van der Waals surface area (Å²) in [5.74, 6) is 0.579. The summed E-state index contributed by atoms with van der Waals surface area (Å²) in [6, 6.07) is 1.81. The molecule has 0 fully saturated rings. The first-order valence-corrected chi connectivity index (χ1v) is 6.67. The lowest BCUT2D eigenvalue weighted by atomic mass is 9.81. The van der Waals surface area contributed by atoms with E-state index in [0.29, 0.717) is 5.69 Å². The van der Waals surface area contributed by atoms with E-state index in [1.54, 1.807) is 6.07 Å². The summed E-state index contributed by atoms with van der Waals surface area (Å²) in [7, 11) is 0. The maximum absolute atomic E-state index is 12.0. The highest BCUT2D eigenvalue weighted by Gasteiger charge is 2.27. The molecule has 1 heterocycles. The first kappa shape index (κ1) is 14.7. The van der Waals surface area contributed by atoms with E-state index in [-0.39, 0.29) is 17.4 Å². The average Bonchev–Trinajstić information content (AvgIpc) is 2.77. The Morgan fingerprint density at radius 2 is 2.17 bits per heavy atom. The van der Waals surface area contributed by atoms with Crippen molar-refractivity contribution in [2.45, 2.75) is 59.9 Å². The fourth-order valence-electron chi connectivity index (χ4n) is 1.91. The quantitative estimate of drug-likeness (QED) is 0.846. The lowest BCUT2D eigenvalue weighted by molar-refractivity contribution is 0.0889. The number of hydrogen-bond acceptors (Lipinski definition) is 3. The van der Waals surface area contributed by atoms with Gasteiger partial charge in [-0.3, -0.25) is 4.79 Å². The lowest BCUT2D eigenvalue weighted by Gasteiger charge is -2.31. The molecule has 0 aliphatic carbocycles. The SMILES string of the molecule is CCCC(C)(C)C(C)NC(=O)c1cc(CC)on1. The molecule has 4 nitrogen and oxygen atoms in total. The van der Waals surface area contributed by atoms with Gasteiger partial charge in [-0.2, -0.15) is 0 Å². The van der Waals surface area contributed by atoms with Crippen molar-refractivity contribution in [2.24, 2.45) is 5.41 Å². The fraction of sp³-hybridized carbons (Fsp3) is 0.714. The van der Waals surface area contributed by atoms with Gasteiger partial charge in [0.2, 0.25) is 0 Å². The topological polar surface area (TPSA) is 55.1 Å². The number of aromatic nitrogens is 1. The van der Waals surface area contributed by atoms with Gasteiger partial charge in [-0.1, -0.05) is 39.3 Å². The van der Waals surface area contributed by atoms with Gasteiger partial charge in [-0.25, -0.2) is 0 Å². The van der Waals surface area contributed by atoms with Crippen molar-refractivity contribution in [3.05, 3.63) is 17.5 Å². The molecule has 18 heavy (non-hydrogen) atoms. The molecule has 102 valence electrons. The molecule has 0 radical (unpaired) electrons. The summed E-state index contributed by atoms with van der Waals surface area (Å²) in [5.41, 5.74) is 0.452. The van der Waals surface area contributed by atoms with Crippen LogP contribution in [0.25, 0.3) is 0 Å². The summed E-state index contributed by atoms with van der Waals surface area (Å²) in [6.45, 7) is 10.5. The predicted octanol–water partition coefficient (Wildman–Crippen LogP) is 3.18. The van der Waals surface area contributed by atoms with Gasteiger partial charge >= 0.3 is 0 Å². The molecule has 1 unspecified atom stereocenters. The van der Waals surface area contributed by atoms with Gasteiger partial charge in [0.25, 0.3) is 5.91 Å². The van der Waals surface area contributed by atoms with Crippen LogP contribution in [-0.2, 0) is 6.42 Å². The molecule has 0 aliphatic heterocycles. The summed E-state index contributed by atoms with van der Waals surface area (Å²) in [5, 5.41) is 6.78. The highest BCUT2D eigenvalue weighted by atomic mass is 16.5. The molecule has 1 aromatic heterocycles. The first-order valence-electron chi connectivity index (χ1n) is 6.67. The van der Waals surface area contributed by atoms with Crippen molar-refractivity contribution in [2.75, 3.05) is 0 Å². The van der Waals surface area contributed by atoms with Crippen LogP contribution in [0.15, 0.2) is 10.6 Å². The van der Waals surface area contributed by atoms with Crippen molar-refractivity contribution >= 4 is 5.91 Å². The normalized spacial score (nSPS) is 13.4. The molecule has 1 N–H and O–H groups in total. The number of amides is 1. The van der Waals surface area contributed by atoms with E-state index < -0.39 is 0 Å². The number of nitrogens with zero attached hydrogens (tertiary/aromatic N) is 1. The molecule has 1 amide bonds. The van der Waals surface area contributed by atoms with Crippen LogP contribution in [0.1, 0.15) is 63.7 Å². The van der Waals surface area contributed by atoms with Crippen LogP contribution < -0.4 is 5.32 Å². The minimum atomic E-state index is -0.157. The van der Waals surface area contributed by atoms with Crippen molar-refractivity contribution in [3.8, 4) is 0 Å². The number of rotatable bonds is 6. The third-order valence-corrected chi connectivity index (χ3v) is 3.55. The molecule has 0 bridgehead atoms. The number of nitrogens with one attached hydrogen (secondary N) is 1. The molecular formula is C14H24N2O2. The molecular weight excluding hydrogens is 228 g/mol. The van der Waals surface area contributed by atoms with Gasteiger partial charge in [0.05, 0.1) is 0 Å². The molecule has 0 aliphatic rings. The predicted molar refractivity (Wildman–Crippen MR) is 71.5 cm³/mol. The maximum Gasteiger partial charge on any atom is 0.273 e. The number of carbonyl (C=O) groups is 1. The Morgan fingerprint density at radius 3 is 2.67 bits per heavy atom. The van der Waals surface area contributed by atoms with Crippen LogP contribution in [-0.4, -0.2) is 17.1 Å². The molecule has 0 saturated heterocycles. The third kappa shape index (κ3) is 3.59. The Balaban J connectivity index is 2.64. The van der Waals surface area contributed by atoms with E-state index in [1.807, 2.05) is 13.8 Å². The second-order valence-corrected chi connectivity index (χ2v) is 5.47. The first-order chi connectivity index (χ1) is 8.40. The van der Waals surface area contributed by atoms with Gasteiger partial charge in [-0.05, 0) is 18.8 Å². The van der Waals surface area contributed by atoms with Crippen LogP contribution in [0.3, 0.4) is 0 Å². The molecule has 1 aromatic rings. The Labute approximate surface area is 109 Å². The summed E-state index contributed by atoms with van der Waals surface area (Å²) in [4.78, 5) is 12.0. The molecule has 1 rings (SSSR count). The summed E-state index contributed by atoms with van der Waals surface area (Å²) in [6.07, 6.45) is 2.93. The zero-order valence-electron chi connectivity index (χ0n) is 12.0. The van der Waals surface area contributed by atoms with E-state index in [0.717, 1.165) is 25.0 Å². The Hall–Kier alpha value is -1.32. The number of aryl methyl sites for hydroxylation is 1. The van der Waals surface area contributed by atoms with Crippen molar-refractivity contribution in [3.63, 3.8) is 0 Å². The molecule has 1 atom stereocenters. The van der Waals surface area contributed by atoms with E-state index in [1.165, 1.54) is 0 Å². The van der Waals surface area contributed by atoms with Gasteiger partial charge < -0.3 is 9.84 Å². The molecule has 4 heteroatoms. The largest absolute Gasteiger partial charge is 0.361 e. The van der Waals surface area contributed by atoms with Crippen LogP contribution in [0.5, 0.6) is 0 Å². The van der Waals surface area contributed by atoms with E-state index >= 15 is 0 Å². The number of carbonyl (C=O) groups excluding carboxylic acids is 1. The highest BCUT2D eigenvalue weighted by Crippen LogP contribution is 2.26. The fourth-order valence-corrected chi connectivity index (χ4v) is 1.91. The van der Waals surface area contributed by atoms with Gasteiger partial charge in [0.1, 0.15) is 5.76 Å². The maximum atomic E-state index is 12.0. The third-order valence-electron chi connectivity index (χ3n) is 3.55. The van der Waals surface area contributed by atoms with Crippen LogP contribution in [0.2, 0.25) is 0 Å². The monoisotopic (exact) mass is 252 g/mol. The molecule has 0 aromatic carbocycles. The van der Waals surface area contributed by atoms with Crippen LogP contribution in [0.4, 0.5) is 0 Å².